The second-order valence-electron chi connectivity index (χ2n) is 10.6. The molecule has 3 fully saturated rings. The number of carbonyl (C=O) groups is 2. The van der Waals surface area contributed by atoms with Crippen molar-refractivity contribution in [2.45, 2.75) is 71.5 Å². The summed E-state index contributed by atoms with van der Waals surface area (Å²) in [6.07, 6.45) is 8.22. The summed E-state index contributed by atoms with van der Waals surface area (Å²) in [6, 6.07) is 0. The van der Waals surface area contributed by atoms with E-state index in [1.807, 2.05) is 6.08 Å². The van der Waals surface area contributed by atoms with E-state index in [9.17, 15) is 14.7 Å². The highest BCUT2D eigenvalue weighted by molar-refractivity contribution is 6.32. The Bertz CT molecular complexity index is 861. The summed E-state index contributed by atoms with van der Waals surface area (Å²) in [5.74, 6) is 1.44. The average Bonchev–Trinajstić information content (AvgIpc) is 3.39. The number of esters is 1. The topological polar surface area (TPSA) is 63.6 Å². The molecule has 9 atom stereocenters. The molecule has 0 radical (unpaired) electrons. The molecular formula is C24H31ClO4. The zero-order valence-electron chi connectivity index (χ0n) is 17.7. The molecule has 5 aliphatic rings. The SMILES string of the molecule is CC(=O)O[C@]1(C(C)=O)CC[C@H]2[C@@H]3C=C(Cl)C4=C[C@H](O)[C@@H]5C[C@@H]5[C@]4(C)[C@H]3CC[C@@]21C. The molecule has 158 valence electrons. The van der Waals surface area contributed by atoms with Gasteiger partial charge in [-0.05, 0) is 74.2 Å². The molecule has 0 bridgehead atoms. The van der Waals surface area contributed by atoms with Gasteiger partial charge < -0.3 is 9.84 Å². The number of Topliss-reactive ketones (excluding diaryl/α,β-unsaturated/α-hetero) is 1. The molecule has 1 N–H and O–H groups in total. The Morgan fingerprint density at radius 1 is 1.10 bits per heavy atom. The molecule has 4 nitrogen and oxygen atoms in total. The van der Waals surface area contributed by atoms with E-state index < -0.39 is 5.60 Å². The lowest BCUT2D eigenvalue weighted by Gasteiger charge is -2.58. The maximum atomic E-state index is 12.8. The van der Waals surface area contributed by atoms with Crippen molar-refractivity contribution in [1.29, 1.82) is 0 Å². The van der Waals surface area contributed by atoms with E-state index in [1.165, 1.54) is 6.92 Å². The summed E-state index contributed by atoms with van der Waals surface area (Å²) in [5.41, 5.74) is -0.263. The van der Waals surface area contributed by atoms with Gasteiger partial charge in [0.15, 0.2) is 11.4 Å². The first-order chi connectivity index (χ1) is 13.6. The van der Waals surface area contributed by atoms with Gasteiger partial charge in [-0.2, -0.15) is 0 Å². The van der Waals surface area contributed by atoms with Gasteiger partial charge in [0.2, 0.25) is 0 Å². The maximum absolute atomic E-state index is 12.8. The van der Waals surface area contributed by atoms with Crippen LogP contribution < -0.4 is 0 Å². The Hall–Kier alpha value is -1.13. The number of fused-ring (bicyclic) bond motifs is 7. The summed E-state index contributed by atoms with van der Waals surface area (Å²) in [5, 5.41) is 11.2. The summed E-state index contributed by atoms with van der Waals surface area (Å²) < 4.78 is 5.83. The van der Waals surface area contributed by atoms with Gasteiger partial charge in [0.05, 0.1) is 6.10 Å². The molecule has 0 spiro atoms. The highest BCUT2D eigenvalue weighted by Crippen LogP contribution is 2.72. The van der Waals surface area contributed by atoms with Gasteiger partial charge in [-0.1, -0.05) is 37.6 Å². The van der Waals surface area contributed by atoms with Crippen LogP contribution in [-0.4, -0.2) is 28.6 Å². The Morgan fingerprint density at radius 2 is 1.79 bits per heavy atom. The van der Waals surface area contributed by atoms with Crippen molar-refractivity contribution in [2.75, 3.05) is 0 Å². The fraction of sp³-hybridized carbons (Fsp3) is 0.750. The normalized spacial score (nSPS) is 52.2. The zero-order chi connectivity index (χ0) is 20.9. The number of hydrogen-bond donors (Lipinski definition) is 1. The van der Waals surface area contributed by atoms with Crippen molar-refractivity contribution in [2.24, 2.45) is 40.4 Å². The van der Waals surface area contributed by atoms with E-state index in [1.54, 1.807) is 6.92 Å². The van der Waals surface area contributed by atoms with Crippen molar-refractivity contribution in [3.05, 3.63) is 22.8 Å². The Morgan fingerprint density at radius 3 is 2.45 bits per heavy atom. The van der Waals surface area contributed by atoms with E-state index in [0.29, 0.717) is 24.2 Å². The van der Waals surface area contributed by atoms with Crippen molar-refractivity contribution in [3.8, 4) is 0 Å². The summed E-state index contributed by atoms with van der Waals surface area (Å²) in [4.78, 5) is 24.8. The van der Waals surface area contributed by atoms with Crippen molar-refractivity contribution < 1.29 is 19.4 Å². The minimum Gasteiger partial charge on any atom is -0.451 e. The van der Waals surface area contributed by atoms with Crippen LogP contribution in [-0.2, 0) is 14.3 Å². The lowest BCUT2D eigenvalue weighted by atomic mass is 9.47. The average molecular weight is 419 g/mol. The molecule has 29 heavy (non-hydrogen) atoms. The summed E-state index contributed by atoms with van der Waals surface area (Å²) in [7, 11) is 0. The number of hydrogen-bond acceptors (Lipinski definition) is 4. The van der Waals surface area contributed by atoms with Crippen LogP contribution in [0.1, 0.15) is 59.8 Å². The van der Waals surface area contributed by atoms with Crippen LogP contribution in [0.3, 0.4) is 0 Å². The zero-order valence-corrected chi connectivity index (χ0v) is 18.5. The number of ether oxygens (including phenoxy) is 1. The monoisotopic (exact) mass is 418 g/mol. The molecule has 0 heterocycles. The molecule has 5 aliphatic carbocycles. The first-order valence-corrected chi connectivity index (χ1v) is 11.4. The predicted molar refractivity (Wildman–Crippen MR) is 110 cm³/mol. The smallest absolute Gasteiger partial charge is 0.303 e. The van der Waals surface area contributed by atoms with E-state index in [-0.39, 0.29) is 40.5 Å². The molecule has 3 saturated carbocycles. The van der Waals surface area contributed by atoms with Gasteiger partial charge in [-0.25, -0.2) is 0 Å². The van der Waals surface area contributed by atoms with Crippen LogP contribution in [0.25, 0.3) is 0 Å². The largest absolute Gasteiger partial charge is 0.451 e. The number of allylic oxidation sites excluding steroid dienone is 3. The van der Waals surface area contributed by atoms with Gasteiger partial charge in [-0.3, -0.25) is 9.59 Å². The van der Waals surface area contributed by atoms with Gasteiger partial charge in [-0.15, -0.1) is 0 Å². The number of carbonyl (C=O) groups excluding carboxylic acids is 2. The lowest BCUT2D eigenvalue weighted by molar-refractivity contribution is -0.185. The molecule has 0 aromatic heterocycles. The second-order valence-corrected chi connectivity index (χ2v) is 11.0. The molecule has 0 saturated heterocycles. The number of rotatable bonds is 2. The maximum Gasteiger partial charge on any atom is 0.303 e. The van der Waals surface area contributed by atoms with Crippen molar-refractivity contribution in [3.63, 3.8) is 0 Å². The first kappa shape index (κ1) is 19.8. The Kier molecular flexibility index (Phi) is 4.08. The van der Waals surface area contributed by atoms with Crippen LogP contribution in [0.2, 0.25) is 0 Å². The molecule has 5 rings (SSSR count). The third kappa shape index (κ3) is 2.31. The van der Waals surface area contributed by atoms with E-state index >= 15 is 0 Å². The number of halogens is 1. The molecule has 0 amide bonds. The van der Waals surface area contributed by atoms with Crippen molar-refractivity contribution >= 4 is 23.4 Å². The van der Waals surface area contributed by atoms with Crippen LogP contribution in [0.4, 0.5) is 0 Å². The second kappa shape index (κ2) is 5.97. The summed E-state index contributed by atoms with van der Waals surface area (Å²) in [6.45, 7) is 7.49. The fourth-order valence-corrected chi connectivity index (χ4v) is 8.63. The Labute approximate surface area is 177 Å². The van der Waals surface area contributed by atoms with E-state index in [4.69, 9.17) is 16.3 Å². The lowest BCUT2D eigenvalue weighted by Crippen LogP contribution is -2.58. The van der Waals surface area contributed by atoms with Gasteiger partial charge >= 0.3 is 5.97 Å². The van der Waals surface area contributed by atoms with Crippen LogP contribution in [0, 0.1) is 40.4 Å². The van der Waals surface area contributed by atoms with Crippen LogP contribution in [0.5, 0.6) is 0 Å². The molecular weight excluding hydrogens is 388 g/mol. The third-order valence-electron chi connectivity index (χ3n) is 9.67. The quantitative estimate of drug-likeness (QED) is 0.675. The minimum atomic E-state index is -1.02. The summed E-state index contributed by atoms with van der Waals surface area (Å²) >= 11 is 6.83. The van der Waals surface area contributed by atoms with E-state index in [2.05, 4.69) is 19.9 Å². The van der Waals surface area contributed by atoms with Gasteiger partial charge in [0, 0.05) is 22.8 Å². The highest BCUT2D eigenvalue weighted by Gasteiger charge is 2.70. The standard InChI is InChI=1S/C24H31ClO4/c1-12(26)24(29-13(2)27)8-6-16-14-10-20(25)19-11-21(28)15-9-18(15)23(19,4)17(14)5-7-22(16,24)3/h10-11,14-18,21,28H,5-9H2,1-4H3/t14-,15+,16-,17-,18-,21-,22-,23-,24-/m0/s1. The van der Waals surface area contributed by atoms with Gasteiger partial charge in [0.1, 0.15) is 0 Å². The highest BCUT2D eigenvalue weighted by atomic mass is 35.5. The number of aliphatic hydroxyl groups is 1. The van der Waals surface area contributed by atoms with Crippen LogP contribution >= 0.6 is 11.6 Å². The number of aliphatic hydroxyl groups excluding tert-OH is 1. The van der Waals surface area contributed by atoms with Crippen LogP contribution in [0.15, 0.2) is 22.8 Å². The Balaban J connectivity index is 1.59. The molecule has 0 aliphatic heterocycles. The van der Waals surface area contributed by atoms with Crippen molar-refractivity contribution in [1.82, 2.24) is 0 Å². The molecule has 0 aromatic carbocycles. The molecule has 5 heteroatoms. The first-order valence-electron chi connectivity index (χ1n) is 11.0. The third-order valence-corrected chi connectivity index (χ3v) is 10.0. The van der Waals surface area contributed by atoms with E-state index in [0.717, 1.165) is 36.3 Å². The van der Waals surface area contributed by atoms with Gasteiger partial charge in [0.25, 0.3) is 0 Å². The molecule has 0 aromatic rings. The predicted octanol–water partition coefficient (Wildman–Crippen LogP) is 4.40. The number of ketones is 1. The molecule has 0 unspecified atom stereocenters. The fourth-order valence-electron chi connectivity index (χ4n) is 8.22. The minimum absolute atomic E-state index is 0.00929.